The zero-order chi connectivity index (χ0) is 29.6. The number of hydrogen-bond acceptors (Lipinski definition) is 7. The molecule has 210 valence electrons. The second kappa shape index (κ2) is 12.4. The topological polar surface area (TPSA) is 128 Å². The van der Waals surface area contributed by atoms with Gasteiger partial charge >= 0.3 is 6.03 Å². The third-order valence-corrected chi connectivity index (χ3v) is 6.49. The van der Waals surface area contributed by atoms with Crippen molar-refractivity contribution in [2.45, 2.75) is 13.2 Å². The molecule has 4 amide bonds. The number of nitrogens with one attached hydrogen (secondary N) is 1. The molecule has 0 bridgehead atoms. The number of carbonyl (C=O) groups excluding carboxylic acids is 3. The van der Waals surface area contributed by atoms with Crippen LogP contribution in [0.3, 0.4) is 0 Å². The molecule has 5 rings (SSSR count). The third-order valence-electron chi connectivity index (χ3n) is 6.23. The highest BCUT2D eigenvalue weighted by atomic mass is 35.5. The number of imide groups is 2. The molecule has 0 unspecified atom stereocenters. The SMILES string of the molecule is O=C1NC(=O)N(c2ccc(OCc3ccc(Cl)cc3)cc2)C(=O)/C1=C/c1ccc(OCc2cccc([N+](=O)[O-])c2)cc1. The Kier molecular flexibility index (Phi) is 8.26. The number of hydrogen-bond donors (Lipinski definition) is 1. The minimum atomic E-state index is -0.859. The van der Waals surface area contributed by atoms with E-state index in [0.717, 1.165) is 10.5 Å². The largest absolute Gasteiger partial charge is 0.489 e. The van der Waals surface area contributed by atoms with E-state index in [0.29, 0.717) is 34.3 Å². The molecular weight excluding hydrogens is 562 g/mol. The summed E-state index contributed by atoms with van der Waals surface area (Å²) in [6, 6.07) is 25.4. The van der Waals surface area contributed by atoms with Crippen molar-refractivity contribution in [3.8, 4) is 11.5 Å². The lowest BCUT2D eigenvalue weighted by Gasteiger charge is -2.26. The Labute approximate surface area is 244 Å². The van der Waals surface area contributed by atoms with Crippen LogP contribution in [-0.4, -0.2) is 22.8 Å². The number of anilines is 1. The molecule has 0 saturated carbocycles. The average Bonchev–Trinajstić information content (AvgIpc) is 2.99. The molecule has 10 nitrogen and oxygen atoms in total. The van der Waals surface area contributed by atoms with E-state index in [-0.39, 0.29) is 23.6 Å². The van der Waals surface area contributed by atoms with E-state index in [1.165, 1.54) is 18.2 Å². The standard InChI is InChI=1S/C31H22ClN3O7/c32-23-8-4-21(5-9-23)18-41-27-14-10-24(11-15-27)34-30(37)28(29(36)33-31(34)38)17-20-6-12-26(13-7-20)42-19-22-2-1-3-25(16-22)35(39)40/h1-17H,18-19H2,(H,33,36,38)/b28-17+. The molecule has 1 aliphatic heterocycles. The highest BCUT2D eigenvalue weighted by Gasteiger charge is 2.36. The van der Waals surface area contributed by atoms with Crippen molar-refractivity contribution < 1.29 is 28.8 Å². The van der Waals surface area contributed by atoms with Gasteiger partial charge in [-0.2, -0.15) is 0 Å². The predicted molar refractivity (Wildman–Crippen MR) is 155 cm³/mol. The number of nitrogens with zero attached hydrogens (tertiary/aromatic N) is 2. The van der Waals surface area contributed by atoms with Crippen LogP contribution in [0, 0.1) is 10.1 Å². The predicted octanol–water partition coefficient (Wildman–Crippen LogP) is 6.07. The van der Waals surface area contributed by atoms with Crippen molar-refractivity contribution in [1.82, 2.24) is 5.32 Å². The number of halogens is 1. The monoisotopic (exact) mass is 583 g/mol. The van der Waals surface area contributed by atoms with Crippen LogP contribution in [0.1, 0.15) is 16.7 Å². The van der Waals surface area contributed by atoms with Crippen LogP contribution in [0.4, 0.5) is 16.2 Å². The highest BCUT2D eigenvalue weighted by Crippen LogP contribution is 2.26. The summed E-state index contributed by atoms with van der Waals surface area (Å²) in [7, 11) is 0. The van der Waals surface area contributed by atoms with Crippen LogP contribution >= 0.6 is 11.6 Å². The van der Waals surface area contributed by atoms with Gasteiger partial charge in [-0.3, -0.25) is 25.0 Å². The number of rotatable bonds is 9. The molecule has 1 fully saturated rings. The first-order chi connectivity index (χ1) is 20.3. The molecule has 1 N–H and O–H groups in total. The molecule has 0 aromatic heterocycles. The van der Waals surface area contributed by atoms with Crippen molar-refractivity contribution in [3.63, 3.8) is 0 Å². The summed E-state index contributed by atoms with van der Waals surface area (Å²) in [5, 5.41) is 13.8. The summed E-state index contributed by atoms with van der Waals surface area (Å²) in [5.74, 6) is -0.573. The first-order valence-corrected chi connectivity index (χ1v) is 13.0. The van der Waals surface area contributed by atoms with Crippen molar-refractivity contribution in [2.75, 3.05) is 4.90 Å². The second-order valence-electron chi connectivity index (χ2n) is 9.15. The number of amides is 4. The number of nitro benzene ring substituents is 1. The molecule has 1 heterocycles. The van der Waals surface area contributed by atoms with E-state index in [1.807, 2.05) is 12.1 Å². The number of barbiturate groups is 1. The summed E-state index contributed by atoms with van der Waals surface area (Å²) in [4.78, 5) is 49.7. The van der Waals surface area contributed by atoms with E-state index in [4.69, 9.17) is 21.1 Å². The van der Waals surface area contributed by atoms with E-state index in [1.54, 1.807) is 72.8 Å². The summed E-state index contributed by atoms with van der Waals surface area (Å²) < 4.78 is 11.5. The van der Waals surface area contributed by atoms with Gasteiger partial charge < -0.3 is 9.47 Å². The molecule has 1 saturated heterocycles. The van der Waals surface area contributed by atoms with Crippen LogP contribution in [-0.2, 0) is 22.8 Å². The summed E-state index contributed by atoms with van der Waals surface area (Å²) in [6.07, 6.45) is 1.38. The Hall–Kier alpha value is -5.48. The maximum atomic E-state index is 13.2. The van der Waals surface area contributed by atoms with Gasteiger partial charge in [-0.05, 0) is 71.3 Å². The lowest BCUT2D eigenvalue weighted by molar-refractivity contribution is -0.384. The van der Waals surface area contributed by atoms with Gasteiger partial charge in [0.15, 0.2) is 0 Å². The van der Waals surface area contributed by atoms with Gasteiger partial charge in [0.25, 0.3) is 17.5 Å². The number of carbonyl (C=O) groups is 3. The fraction of sp³-hybridized carbons (Fsp3) is 0.0645. The Bertz CT molecular complexity index is 1690. The Morgan fingerprint density at radius 3 is 2.07 bits per heavy atom. The lowest BCUT2D eigenvalue weighted by Crippen LogP contribution is -2.54. The molecule has 42 heavy (non-hydrogen) atoms. The smallest absolute Gasteiger partial charge is 0.335 e. The van der Waals surface area contributed by atoms with Crippen LogP contribution in [0.15, 0.2) is 103 Å². The molecule has 1 aliphatic rings. The Morgan fingerprint density at radius 1 is 0.810 bits per heavy atom. The summed E-state index contributed by atoms with van der Waals surface area (Å²) in [5.41, 5.74) is 2.09. The van der Waals surface area contributed by atoms with Gasteiger partial charge in [-0.25, -0.2) is 9.69 Å². The Balaban J connectivity index is 1.25. The maximum absolute atomic E-state index is 13.2. The maximum Gasteiger partial charge on any atom is 0.335 e. The van der Waals surface area contributed by atoms with Gasteiger partial charge in [-0.1, -0.05) is 48.0 Å². The average molecular weight is 584 g/mol. The minimum Gasteiger partial charge on any atom is -0.489 e. The first kappa shape index (κ1) is 28.1. The van der Waals surface area contributed by atoms with Crippen LogP contribution < -0.4 is 19.7 Å². The molecule has 0 atom stereocenters. The van der Waals surface area contributed by atoms with Crippen LogP contribution in [0.2, 0.25) is 5.02 Å². The summed E-state index contributed by atoms with van der Waals surface area (Å²) >= 11 is 5.91. The molecule has 4 aromatic rings. The van der Waals surface area contributed by atoms with Gasteiger partial charge in [0.1, 0.15) is 30.3 Å². The number of non-ortho nitro benzene ring substituents is 1. The van der Waals surface area contributed by atoms with Crippen molar-refractivity contribution in [1.29, 1.82) is 0 Å². The van der Waals surface area contributed by atoms with Crippen LogP contribution in [0.5, 0.6) is 11.5 Å². The molecular formula is C31H22ClN3O7. The fourth-order valence-electron chi connectivity index (χ4n) is 4.08. The number of benzene rings is 4. The quantitative estimate of drug-likeness (QED) is 0.110. The van der Waals surface area contributed by atoms with Gasteiger partial charge in [0, 0.05) is 17.2 Å². The van der Waals surface area contributed by atoms with E-state index in [9.17, 15) is 24.5 Å². The third kappa shape index (κ3) is 6.62. The number of ether oxygens (including phenoxy) is 2. The van der Waals surface area contributed by atoms with Gasteiger partial charge in [-0.15, -0.1) is 0 Å². The van der Waals surface area contributed by atoms with Gasteiger partial charge in [0.05, 0.1) is 10.6 Å². The summed E-state index contributed by atoms with van der Waals surface area (Å²) in [6.45, 7) is 0.421. The molecule has 0 radical (unpaired) electrons. The fourth-order valence-corrected chi connectivity index (χ4v) is 4.21. The first-order valence-electron chi connectivity index (χ1n) is 12.6. The van der Waals surface area contributed by atoms with E-state index >= 15 is 0 Å². The zero-order valence-electron chi connectivity index (χ0n) is 21.9. The zero-order valence-corrected chi connectivity index (χ0v) is 22.6. The Morgan fingerprint density at radius 2 is 1.43 bits per heavy atom. The van der Waals surface area contributed by atoms with E-state index in [2.05, 4.69) is 5.32 Å². The van der Waals surface area contributed by atoms with Gasteiger partial charge in [0.2, 0.25) is 0 Å². The molecule has 11 heteroatoms. The van der Waals surface area contributed by atoms with Crippen molar-refractivity contribution in [3.05, 3.63) is 134 Å². The molecule has 0 aliphatic carbocycles. The van der Waals surface area contributed by atoms with Crippen molar-refractivity contribution >= 4 is 46.9 Å². The highest BCUT2D eigenvalue weighted by molar-refractivity contribution is 6.39. The number of urea groups is 1. The number of nitro groups is 1. The molecule has 4 aromatic carbocycles. The van der Waals surface area contributed by atoms with E-state index < -0.39 is 22.8 Å². The second-order valence-corrected chi connectivity index (χ2v) is 9.59. The lowest BCUT2D eigenvalue weighted by atomic mass is 10.1. The normalized spacial score (nSPS) is 14.1. The van der Waals surface area contributed by atoms with Crippen LogP contribution in [0.25, 0.3) is 6.08 Å². The van der Waals surface area contributed by atoms with Crippen molar-refractivity contribution in [2.24, 2.45) is 0 Å². The minimum absolute atomic E-state index is 0.0283. The molecule has 0 spiro atoms.